The van der Waals surface area contributed by atoms with Crippen LogP contribution in [-0.4, -0.2) is 34.0 Å². The maximum atomic E-state index is 12.7. The average molecular weight is 392 g/mol. The summed E-state index contributed by atoms with van der Waals surface area (Å²) in [7, 11) is 1.87. The number of imidazole rings is 1. The van der Waals surface area contributed by atoms with Gasteiger partial charge in [-0.05, 0) is 24.6 Å². The molecule has 3 rings (SSSR count). The fraction of sp³-hybridized carbons (Fsp3) is 0.227. The van der Waals surface area contributed by atoms with Crippen molar-refractivity contribution in [3.05, 3.63) is 84.4 Å². The molecule has 7 nitrogen and oxygen atoms in total. The molecule has 2 N–H and O–H groups in total. The van der Waals surface area contributed by atoms with E-state index in [2.05, 4.69) is 15.6 Å². The van der Waals surface area contributed by atoms with Crippen molar-refractivity contribution < 1.29 is 14.3 Å². The Morgan fingerprint density at radius 1 is 1.03 bits per heavy atom. The largest absolute Gasteiger partial charge is 0.484 e. The zero-order valence-corrected chi connectivity index (χ0v) is 16.4. The van der Waals surface area contributed by atoms with E-state index in [1.807, 2.05) is 66.3 Å². The average Bonchev–Trinajstić information content (AvgIpc) is 3.17. The molecule has 0 fully saturated rings. The molecule has 2 amide bonds. The zero-order valence-electron chi connectivity index (χ0n) is 16.4. The van der Waals surface area contributed by atoms with Crippen LogP contribution in [0, 0.1) is 0 Å². The number of ether oxygens (including phenoxy) is 1. The standard InChI is InChI=1S/C22H24N4O3/c1-16(24-19(27)15-29-18-11-7-4-8-12-18)22(28)25-20(17-9-5-3-6-10-17)21-23-13-14-26(21)2/h3-14,16,20H,15H2,1-2H3,(H,24,27)(H,25,28)/t16-,20+/m1/s1. The first kappa shape index (κ1) is 20.1. The topological polar surface area (TPSA) is 85.2 Å². The third-order valence-electron chi connectivity index (χ3n) is 4.42. The van der Waals surface area contributed by atoms with Gasteiger partial charge < -0.3 is 19.9 Å². The van der Waals surface area contributed by atoms with Crippen LogP contribution in [0.25, 0.3) is 0 Å². The number of para-hydroxylation sites is 1. The van der Waals surface area contributed by atoms with Gasteiger partial charge in [0.1, 0.15) is 23.7 Å². The third kappa shape index (κ3) is 5.44. The fourth-order valence-corrected chi connectivity index (χ4v) is 2.88. The number of amides is 2. The summed E-state index contributed by atoms with van der Waals surface area (Å²) in [4.78, 5) is 29.2. The van der Waals surface area contributed by atoms with Crippen LogP contribution in [0.15, 0.2) is 73.1 Å². The summed E-state index contributed by atoms with van der Waals surface area (Å²) in [6.45, 7) is 1.47. The normalized spacial score (nSPS) is 12.6. The van der Waals surface area contributed by atoms with Crippen molar-refractivity contribution in [1.29, 1.82) is 0 Å². The zero-order chi connectivity index (χ0) is 20.6. The van der Waals surface area contributed by atoms with E-state index in [9.17, 15) is 9.59 Å². The molecule has 0 aliphatic carbocycles. The minimum Gasteiger partial charge on any atom is -0.484 e. The van der Waals surface area contributed by atoms with E-state index >= 15 is 0 Å². The summed E-state index contributed by atoms with van der Waals surface area (Å²) >= 11 is 0. The second-order valence-electron chi connectivity index (χ2n) is 6.64. The van der Waals surface area contributed by atoms with Gasteiger partial charge in [0, 0.05) is 19.4 Å². The van der Waals surface area contributed by atoms with Crippen LogP contribution in [0.5, 0.6) is 5.75 Å². The Bertz CT molecular complexity index is 941. The summed E-state index contributed by atoms with van der Waals surface area (Å²) in [5.74, 6) is 0.619. The number of hydrogen-bond acceptors (Lipinski definition) is 4. The molecular weight excluding hydrogens is 368 g/mol. The van der Waals surface area contributed by atoms with Crippen LogP contribution in [0.1, 0.15) is 24.4 Å². The van der Waals surface area contributed by atoms with Crippen molar-refractivity contribution >= 4 is 11.8 Å². The van der Waals surface area contributed by atoms with E-state index in [0.717, 1.165) is 5.56 Å². The molecule has 3 aromatic rings. The molecule has 0 bridgehead atoms. The Morgan fingerprint density at radius 2 is 1.69 bits per heavy atom. The number of benzene rings is 2. The maximum absolute atomic E-state index is 12.7. The van der Waals surface area contributed by atoms with Crippen LogP contribution < -0.4 is 15.4 Å². The Morgan fingerprint density at radius 3 is 2.31 bits per heavy atom. The number of nitrogens with one attached hydrogen (secondary N) is 2. The molecule has 0 saturated carbocycles. The minimum absolute atomic E-state index is 0.164. The van der Waals surface area contributed by atoms with Gasteiger partial charge in [0.05, 0.1) is 0 Å². The molecule has 7 heteroatoms. The monoisotopic (exact) mass is 392 g/mol. The lowest BCUT2D eigenvalue weighted by Gasteiger charge is -2.22. The van der Waals surface area contributed by atoms with Gasteiger partial charge in [-0.3, -0.25) is 9.59 Å². The molecule has 0 aliphatic heterocycles. The molecule has 0 spiro atoms. The number of carbonyl (C=O) groups excluding carboxylic acids is 2. The highest BCUT2D eigenvalue weighted by molar-refractivity contribution is 5.88. The van der Waals surface area contributed by atoms with Crippen molar-refractivity contribution in [1.82, 2.24) is 20.2 Å². The van der Waals surface area contributed by atoms with Crippen LogP contribution in [-0.2, 0) is 16.6 Å². The Balaban J connectivity index is 1.61. The molecule has 150 valence electrons. The summed E-state index contributed by atoms with van der Waals surface area (Å²) < 4.78 is 7.27. The van der Waals surface area contributed by atoms with Gasteiger partial charge >= 0.3 is 0 Å². The second-order valence-corrected chi connectivity index (χ2v) is 6.64. The Kier molecular flexibility index (Phi) is 6.63. The molecule has 1 heterocycles. The van der Waals surface area contributed by atoms with E-state index in [-0.39, 0.29) is 18.4 Å². The van der Waals surface area contributed by atoms with Crippen LogP contribution in [0.3, 0.4) is 0 Å². The minimum atomic E-state index is -0.728. The number of aryl methyl sites for hydroxylation is 1. The lowest BCUT2D eigenvalue weighted by Crippen LogP contribution is -2.47. The molecular formula is C22H24N4O3. The van der Waals surface area contributed by atoms with Crippen LogP contribution >= 0.6 is 0 Å². The number of rotatable bonds is 8. The van der Waals surface area contributed by atoms with Crippen molar-refractivity contribution in [3.8, 4) is 5.75 Å². The fourth-order valence-electron chi connectivity index (χ4n) is 2.88. The Labute approximate surface area is 169 Å². The number of nitrogens with zero attached hydrogens (tertiary/aromatic N) is 2. The highest BCUT2D eigenvalue weighted by Gasteiger charge is 2.24. The highest BCUT2D eigenvalue weighted by atomic mass is 16.5. The van der Waals surface area contributed by atoms with Gasteiger partial charge in [0.15, 0.2) is 6.61 Å². The van der Waals surface area contributed by atoms with Crippen molar-refractivity contribution in [2.45, 2.75) is 19.0 Å². The molecule has 0 aliphatic rings. The van der Waals surface area contributed by atoms with Crippen molar-refractivity contribution in [3.63, 3.8) is 0 Å². The molecule has 2 atom stereocenters. The summed E-state index contributed by atoms with van der Waals surface area (Å²) in [5, 5.41) is 5.64. The SMILES string of the molecule is C[C@@H](NC(=O)COc1ccccc1)C(=O)N[C@@H](c1ccccc1)c1nccn1C. The summed E-state index contributed by atoms with van der Waals surface area (Å²) in [5.41, 5.74) is 0.904. The summed E-state index contributed by atoms with van der Waals surface area (Å²) in [6, 6.07) is 17.5. The first-order chi connectivity index (χ1) is 14.0. The van der Waals surface area contributed by atoms with E-state index < -0.39 is 12.1 Å². The van der Waals surface area contributed by atoms with E-state index in [1.54, 1.807) is 25.3 Å². The molecule has 0 radical (unpaired) electrons. The van der Waals surface area contributed by atoms with Gasteiger partial charge in [-0.1, -0.05) is 48.5 Å². The molecule has 0 saturated heterocycles. The van der Waals surface area contributed by atoms with Crippen LogP contribution in [0.2, 0.25) is 0 Å². The summed E-state index contributed by atoms with van der Waals surface area (Å²) in [6.07, 6.45) is 3.51. The van der Waals surface area contributed by atoms with Gasteiger partial charge in [-0.25, -0.2) is 4.98 Å². The molecule has 2 aromatic carbocycles. The highest BCUT2D eigenvalue weighted by Crippen LogP contribution is 2.20. The molecule has 1 aromatic heterocycles. The molecule has 29 heavy (non-hydrogen) atoms. The van der Waals surface area contributed by atoms with Crippen molar-refractivity contribution in [2.75, 3.05) is 6.61 Å². The van der Waals surface area contributed by atoms with Gasteiger partial charge in [-0.2, -0.15) is 0 Å². The number of carbonyl (C=O) groups is 2. The first-order valence-electron chi connectivity index (χ1n) is 9.34. The van der Waals surface area contributed by atoms with Crippen molar-refractivity contribution in [2.24, 2.45) is 7.05 Å². The number of aromatic nitrogens is 2. The number of hydrogen-bond donors (Lipinski definition) is 2. The molecule has 0 unspecified atom stereocenters. The predicted molar refractivity (Wildman–Crippen MR) is 109 cm³/mol. The van der Waals surface area contributed by atoms with E-state index in [4.69, 9.17) is 4.74 Å². The van der Waals surface area contributed by atoms with Crippen LogP contribution in [0.4, 0.5) is 0 Å². The van der Waals surface area contributed by atoms with E-state index in [1.165, 1.54) is 0 Å². The third-order valence-corrected chi connectivity index (χ3v) is 4.42. The van der Waals surface area contributed by atoms with Gasteiger partial charge in [0.25, 0.3) is 5.91 Å². The first-order valence-corrected chi connectivity index (χ1v) is 9.34. The lowest BCUT2D eigenvalue weighted by atomic mass is 10.1. The Hall–Kier alpha value is -3.61. The second kappa shape index (κ2) is 9.54. The van der Waals surface area contributed by atoms with Gasteiger partial charge in [0.2, 0.25) is 5.91 Å². The quantitative estimate of drug-likeness (QED) is 0.616. The van der Waals surface area contributed by atoms with Gasteiger partial charge in [-0.15, -0.1) is 0 Å². The predicted octanol–water partition coefficient (Wildman–Crippen LogP) is 2.21. The van der Waals surface area contributed by atoms with E-state index in [0.29, 0.717) is 11.6 Å². The lowest BCUT2D eigenvalue weighted by molar-refractivity contribution is -0.129. The maximum Gasteiger partial charge on any atom is 0.258 e. The smallest absolute Gasteiger partial charge is 0.258 e.